The van der Waals surface area contributed by atoms with Crippen molar-refractivity contribution in [3.63, 3.8) is 0 Å². The predicted molar refractivity (Wildman–Crippen MR) is 103 cm³/mol. The monoisotopic (exact) mass is 360 g/mol. The summed E-state index contributed by atoms with van der Waals surface area (Å²) in [6, 6.07) is 20.8. The number of anilines is 1. The molecule has 2 aromatic carbocycles. The van der Waals surface area contributed by atoms with Crippen molar-refractivity contribution in [1.82, 2.24) is 4.98 Å². The average Bonchev–Trinajstić information content (AvgIpc) is 3.03. The first-order chi connectivity index (χ1) is 13.2. The number of rotatable bonds is 5. The van der Waals surface area contributed by atoms with Crippen molar-refractivity contribution in [3.8, 4) is 17.4 Å². The summed E-state index contributed by atoms with van der Waals surface area (Å²) in [5.74, 6) is 1.65. The standard InChI is InChI=1S/C22H20N2O3/c1-16-13-17-7-2-3-10-20(17)24(16)22(25)15-26-18-8-6-9-19(14-18)27-21-11-4-5-12-23-21/h2-12,14,16H,13,15H2,1H3/t16-/m1/s1. The SMILES string of the molecule is C[C@@H]1Cc2ccccc2N1C(=O)COc1cccc(Oc2ccccn2)c1. The molecule has 0 N–H and O–H groups in total. The van der Waals surface area contributed by atoms with E-state index in [-0.39, 0.29) is 18.6 Å². The minimum Gasteiger partial charge on any atom is -0.484 e. The van der Waals surface area contributed by atoms with Gasteiger partial charge in [0.25, 0.3) is 5.91 Å². The molecule has 4 rings (SSSR count). The molecule has 0 unspecified atom stereocenters. The maximum Gasteiger partial charge on any atom is 0.265 e. The van der Waals surface area contributed by atoms with Crippen LogP contribution in [0.3, 0.4) is 0 Å². The van der Waals surface area contributed by atoms with Crippen molar-refractivity contribution in [2.45, 2.75) is 19.4 Å². The molecule has 1 aromatic heterocycles. The Hall–Kier alpha value is -3.34. The van der Waals surface area contributed by atoms with Crippen LogP contribution in [0, 0.1) is 0 Å². The molecule has 0 bridgehead atoms. The molecule has 1 amide bonds. The van der Waals surface area contributed by atoms with Gasteiger partial charge >= 0.3 is 0 Å². The van der Waals surface area contributed by atoms with Crippen LogP contribution in [0.25, 0.3) is 0 Å². The van der Waals surface area contributed by atoms with Crippen LogP contribution < -0.4 is 14.4 Å². The lowest BCUT2D eigenvalue weighted by Gasteiger charge is -2.22. The second-order valence-corrected chi connectivity index (χ2v) is 6.48. The number of para-hydroxylation sites is 1. The van der Waals surface area contributed by atoms with Gasteiger partial charge in [-0.05, 0) is 43.2 Å². The van der Waals surface area contributed by atoms with Gasteiger partial charge in [0, 0.05) is 30.1 Å². The second-order valence-electron chi connectivity index (χ2n) is 6.48. The normalized spacial score (nSPS) is 15.3. The number of amides is 1. The zero-order valence-electron chi connectivity index (χ0n) is 15.0. The van der Waals surface area contributed by atoms with Gasteiger partial charge in [-0.25, -0.2) is 4.98 Å². The van der Waals surface area contributed by atoms with E-state index in [1.165, 1.54) is 5.56 Å². The summed E-state index contributed by atoms with van der Waals surface area (Å²) < 4.78 is 11.4. The van der Waals surface area contributed by atoms with Crippen LogP contribution in [0.2, 0.25) is 0 Å². The predicted octanol–water partition coefficient (Wildman–Crippen LogP) is 4.23. The van der Waals surface area contributed by atoms with Crippen molar-refractivity contribution in [3.05, 3.63) is 78.5 Å². The summed E-state index contributed by atoms with van der Waals surface area (Å²) in [6.07, 6.45) is 2.54. The van der Waals surface area contributed by atoms with Crippen molar-refractivity contribution in [2.75, 3.05) is 11.5 Å². The fourth-order valence-electron chi connectivity index (χ4n) is 3.32. The van der Waals surface area contributed by atoms with Gasteiger partial charge in [0.1, 0.15) is 11.5 Å². The van der Waals surface area contributed by atoms with E-state index in [2.05, 4.69) is 18.0 Å². The lowest BCUT2D eigenvalue weighted by Crippen LogP contribution is -2.39. The number of pyridine rings is 1. The number of ether oxygens (including phenoxy) is 2. The fraction of sp³-hybridized carbons (Fsp3) is 0.182. The third kappa shape index (κ3) is 3.77. The van der Waals surface area contributed by atoms with Gasteiger partial charge in [-0.1, -0.05) is 30.3 Å². The quantitative estimate of drug-likeness (QED) is 0.683. The summed E-state index contributed by atoms with van der Waals surface area (Å²) in [5, 5.41) is 0. The van der Waals surface area contributed by atoms with Crippen molar-refractivity contribution >= 4 is 11.6 Å². The molecule has 0 saturated heterocycles. The summed E-state index contributed by atoms with van der Waals surface area (Å²) in [4.78, 5) is 18.7. The molecule has 0 saturated carbocycles. The molecule has 0 radical (unpaired) electrons. The summed E-state index contributed by atoms with van der Waals surface area (Å²) >= 11 is 0. The first-order valence-electron chi connectivity index (χ1n) is 8.92. The Bertz CT molecular complexity index is 943. The highest BCUT2D eigenvalue weighted by atomic mass is 16.5. The van der Waals surface area contributed by atoms with Crippen LogP contribution in [0.15, 0.2) is 72.9 Å². The number of aromatic nitrogens is 1. The van der Waals surface area contributed by atoms with E-state index in [1.807, 2.05) is 47.4 Å². The van der Waals surface area contributed by atoms with Crippen LogP contribution in [0.4, 0.5) is 5.69 Å². The van der Waals surface area contributed by atoms with E-state index in [0.717, 1.165) is 12.1 Å². The van der Waals surface area contributed by atoms with Gasteiger partial charge in [0.05, 0.1) is 0 Å². The molecule has 3 aromatic rings. The first-order valence-corrected chi connectivity index (χ1v) is 8.92. The molecule has 136 valence electrons. The zero-order valence-corrected chi connectivity index (χ0v) is 15.0. The molecule has 2 heterocycles. The van der Waals surface area contributed by atoms with Crippen molar-refractivity contribution in [1.29, 1.82) is 0 Å². The molecule has 27 heavy (non-hydrogen) atoms. The maximum atomic E-state index is 12.7. The highest BCUT2D eigenvalue weighted by Crippen LogP contribution is 2.32. The van der Waals surface area contributed by atoms with Crippen molar-refractivity contribution < 1.29 is 14.3 Å². The minimum atomic E-state index is -0.0523. The number of hydrogen-bond acceptors (Lipinski definition) is 4. The van der Waals surface area contributed by atoms with Gasteiger partial charge in [0.15, 0.2) is 6.61 Å². The highest BCUT2D eigenvalue weighted by molar-refractivity contribution is 5.97. The lowest BCUT2D eigenvalue weighted by molar-refractivity contribution is -0.120. The Balaban J connectivity index is 1.42. The number of nitrogens with zero attached hydrogens (tertiary/aromatic N) is 2. The first kappa shape index (κ1) is 17.1. The van der Waals surface area contributed by atoms with Gasteiger partial charge in [-0.15, -0.1) is 0 Å². The van der Waals surface area contributed by atoms with E-state index in [1.54, 1.807) is 24.4 Å². The number of hydrogen-bond donors (Lipinski definition) is 0. The third-order valence-corrected chi connectivity index (χ3v) is 4.50. The Kier molecular flexibility index (Phi) is 4.75. The summed E-state index contributed by atoms with van der Waals surface area (Å²) in [7, 11) is 0. The van der Waals surface area contributed by atoms with Crippen LogP contribution in [0.1, 0.15) is 12.5 Å². The number of fused-ring (bicyclic) bond motifs is 1. The third-order valence-electron chi connectivity index (χ3n) is 4.50. The van der Waals surface area contributed by atoms with E-state index >= 15 is 0 Å². The molecule has 1 atom stereocenters. The molecular formula is C22H20N2O3. The van der Waals surface area contributed by atoms with E-state index in [9.17, 15) is 4.79 Å². The molecule has 0 aliphatic carbocycles. The Morgan fingerprint density at radius 3 is 2.74 bits per heavy atom. The largest absolute Gasteiger partial charge is 0.484 e. The molecular weight excluding hydrogens is 340 g/mol. The second kappa shape index (κ2) is 7.50. The van der Waals surface area contributed by atoms with E-state index in [0.29, 0.717) is 17.4 Å². The number of benzene rings is 2. The van der Waals surface area contributed by atoms with E-state index < -0.39 is 0 Å². The van der Waals surface area contributed by atoms with Gasteiger partial charge < -0.3 is 14.4 Å². The molecule has 0 fully saturated rings. The van der Waals surface area contributed by atoms with Gasteiger partial charge in [0.2, 0.25) is 5.88 Å². The Morgan fingerprint density at radius 1 is 1.07 bits per heavy atom. The average molecular weight is 360 g/mol. The Labute approximate surface area is 158 Å². The van der Waals surface area contributed by atoms with Crippen molar-refractivity contribution in [2.24, 2.45) is 0 Å². The van der Waals surface area contributed by atoms with Gasteiger partial charge in [-0.3, -0.25) is 4.79 Å². The molecule has 5 heteroatoms. The number of carbonyl (C=O) groups excluding carboxylic acids is 1. The molecule has 1 aliphatic heterocycles. The lowest BCUT2D eigenvalue weighted by atomic mass is 10.1. The van der Waals surface area contributed by atoms with Gasteiger partial charge in [-0.2, -0.15) is 0 Å². The molecule has 5 nitrogen and oxygen atoms in total. The molecule has 0 spiro atoms. The molecule has 1 aliphatic rings. The highest BCUT2D eigenvalue weighted by Gasteiger charge is 2.30. The van der Waals surface area contributed by atoms with Crippen LogP contribution in [-0.4, -0.2) is 23.5 Å². The Morgan fingerprint density at radius 2 is 1.89 bits per heavy atom. The topological polar surface area (TPSA) is 51.7 Å². The number of carbonyl (C=O) groups is 1. The smallest absolute Gasteiger partial charge is 0.265 e. The zero-order chi connectivity index (χ0) is 18.6. The summed E-state index contributed by atoms with van der Waals surface area (Å²) in [5.41, 5.74) is 2.18. The fourth-order valence-corrected chi connectivity index (χ4v) is 3.32. The maximum absolute atomic E-state index is 12.7. The van der Waals surface area contributed by atoms with Crippen LogP contribution in [0.5, 0.6) is 17.4 Å². The van der Waals surface area contributed by atoms with Crippen LogP contribution >= 0.6 is 0 Å². The summed E-state index contributed by atoms with van der Waals surface area (Å²) in [6.45, 7) is 2.03. The van der Waals surface area contributed by atoms with E-state index in [4.69, 9.17) is 9.47 Å². The minimum absolute atomic E-state index is 0.0221. The van der Waals surface area contributed by atoms with Crippen LogP contribution in [-0.2, 0) is 11.2 Å².